The van der Waals surface area contributed by atoms with Gasteiger partial charge in [-0.05, 0) is 24.3 Å². The predicted molar refractivity (Wildman–Crippen MR) is 85.3 cm³/mol. The second kappa shape index (κ2) is 7.07. The van der Waals surface area contributed by atoms with Crippen molar-refractivity contribution in [2.45, 2.75) is 19.9 Å². The third-order valence-electron chi connectivity index (χ3n) is 3.13. The van der Waals surface area contributed by atoms with E-state index in [-0.39, 0.29) is 0 Å². The monoisotopic (exact) mass is 348 g/mol. The summed E-state index contributed by atoms with van der Waals surface area (Å²) in [5.41, 5.74) is 1.58. The van der Waals surface area contributed by atoms with Crippen molar-refractivity contribution in [2.75, 3.05) is 10.6 Å². The molecule has 8 nitrogen and oxygen atoms in total. The second-order valence-corrected chi connectivity index (χ2v) is 5.12. The fourth-order valence-electron chi connectivity index (χ4n) is 2.07. The van der Waals surface area contributed by atoms with Crippen molar-refractivity contribution in [1.82, 2.24) is 20.0 Å². The molecule has 3 aromatic rings. The van der Waals surface area contributed by atoms with E-state index in [1.165, 1.54) is 12.4 Å². The van der Waals surface area contributed by atoms with Crippen LogP contribution in [0.25, 0.3) is 11.5 Å². The Bertz CT molecular complexity index is 859. The number of nitrogens with one attached hydrogen (secondary N) is 2. The van der Waals surface area contributed by atoms with E-state index >= 15 is 0 Å². The number of alkyl halides is 2. The molecule has 130 valence electrons. The fourth-order valence-corrected chi connectivity index (χ4v) is 2.07. The third-order valence-corrected chi connectivity index (χ3v) is 3.13. The largest absolute Gasteiger partial charge is 0.421 e. The van der Waals surface area contributed by atoms with E-state index in [2.05, 4.69) is 25.9 Å². The van der Waals surface area contributed by atoms with E-state index in [9.17, 15) is 13.6 Å². The molecule has 10 heteroatoms. The number of nitrogens with zero attached hydrogens (tertiary/aromatic N) is 4. The van der Waals surface area contributed by atoms with Crippen LogP contribution in [0.2, 0.25) is 0 Å². The van der Waals surface area contributed by atoms with Gasteiger partial charge in [0.15, 0.2) is 0 Å². The molecule has 0 aliphatic rings. The zero-order valence-electron chi connectivity index (χ0n) is 13.1. The number of rotatable bonds is 5. The summed E-state index contributed by atoms with van der Waals surface area (Å²) in [6, 6.07) is 6.29. The molecule has 2 N–H and O–H groups in total. The molecule has 1 aromatic carbocycles. The maximum atomic E-state index is 12.3. The van der Waals surface area contributed by atoms with Gasteiger partial charge >= 0.3 is 6.03 Å². The summed E-state index contributed by atoms with van der Waals surface area (Å²) in [6.45, 7) is 1.17. The van der Waals surface area contributed by atoms with E-state index in [0.717, 1.165) is 10.2 Å². The molecule has 0 bridgehead atoms. The van der Waals surface area contributed by atoms with Crippen LogP contribution >= 0.6 is 0 Å². The third kappa shape index (κ3) is 4.37. The average Bonchev–Trinajstić information content (AvgIpc) is 3.16. The van der Waals surface area contributed by atoms with Gasteiger partial charge in [-0.1, -0.05) is 0 Å². The highest BCUT2D eigenvalue weighted by Crippen LogP contribution is 2.20. The minimum atomic E-state index is -2.51. The van der Waals surface area contributed by atoms with E-state index in [4.69, 9.17) is 4.42 Å². The quantitative estimate of drug-likeness (QED) is 0.738. The van der Waals surface area contributed by atoms with Crippen molar-refractivity contribution in [3.05, 3.63) is 42.5 Å². The number of urea groups is 1. The molecule has 2 heterocycles. The highest BCUT2D eigenvalue weighted by atomic mass is 19.3. The molecule has 0 saturated heterocycles. The zero-order chi connectivity index (χ0) is 17.8. The number of halogens is 2. The maximum Gasteiger partial charge on any atom is 0.323 e. The van der Waals surface area contributed by atoms with Crippen LogP contribution in [-0.2, 0) is 6.54 Å². The van der Waals surface area contributed by atoms with Gasteiger partial charge in [0.2, 0.25) is 11.8 Å². The van der Waals surface area contributed by atoms with E-state index in [0.29, 0.717) is 23.2 Å². The molecule has 0 saturated carbocycles. The first-order valence-electron chi connectivity index (χ1n) is 7.29. The van der Waals surface area contributed by atoms with E-state index in [1.807, 2.05) is 0 Å². The van der Waals surface area contributed by atoms with Crippen LogP contribution in [0.3, 0.4) is 0 Å². The van der Waals surface area contributed by atoms with E-state index < -0.39 is 19.0 Å². The van der Waals surface area contributed by atoms with Crippen molar-refractivity contribution in [3.63, 3.8) is 0 Å². The summed E-state index contributed by atoms with van der Waals surface area (Å²) >= 11 is 0. The van der Waals surface area contributed by atoms with Gasteiger partial charge in [0.05, 0.1) is 11.9 Å². The summed E-state index contributed by atoms with van der Waals surface area (Å²) in [5, 5.41) is 16.5. The zero-order valence-corrected chi connectivity index (χ0v) is 13.1. The van der Waals surface area contributed by atoms with Crippen molar-refractivity contribution >= 4 is 17.4 Å². The number of hydrogen-bond acceptors (Lipinski definition) is 5. The predicted octanol–water partition coefficient (Wildman–Crippen LogP) is 3.15. The van der Waals surface area contributed by atoms with Gasteiger partial charge in [0.25, 0.3) is 6.43 Å². The number of amides is 2. The second-order valence-electron chi connectivity index (χ2n) is 5.12. The molecule has 0 aliphatic carbocycles. The smallest absolute Gasteiger partial charge is 0.323 e. The van der Waals surface area contributed by atoms with Gasteiger partial charge < -0.3 is 15.1 Å². The first kappa shape index (κ1) is 16.6. The Hall–Kier alpha value is -3.30. The normalized spacial score (nSPS) is 10.9. The average molecular weight is 348 g/mol. The number of carbonyl (C=O) groups is 1. The van der Waals surface area contributed by atoms with Gasteiger partial charge in [-0.3, -0.25) is 4.68 Å². The fraction of sp³-hybridized carbons (Fsp3) is 0.200. The molecule has 0 unspecified atom stereocenters. The number of carbonyl (C=O) groups excluding carboxylic acids is 1. The summed E-state index contributed by atoms with van der Waals surface area (Å²) in [7, 11) is 0. The molecule has 0 fully saturated rings. The Balaban J connectivity index is 1.58. The first-order chi connectivity index (χ1) is 12.0. The molecular formula is C15H14F2N6O2. The van der Waals surface area contributed by atoms with Crippen LogP contribution < -0.4 is 10.6 Å². The molecule has 0 radical (unpaired) electrons. The number of anilines is 2. The Labute approximate surface area is 140 Å². The SMILES string of the molecule is Cc1nnc(-c2ccc(NC(=O)Nc3cnn(CC(F)F)c3)cc2)o1. The Morgan fingerprint density at radius 1 is 1.20 bits per heavy atom. The molecule has 0 atom stereocenters. The molecule has 0 aliphatic heterocycles. The van der Waals surface area contributed by atoms with Gasteiger partial charge in [-0.25, -0.2) is 13.6 Å². The lowest BCUT2D eigenvalue weighted by atomic mass is 10.2. The molecule has 3 rings (SSSR count). The first-order valence-corrected chi connectivity index (χ1v) is 7.29. The highest BCUT2D eigenvalue weighted by Gasteiger charge is 2.09. The van der Waals surface area contributed by atoms with Crippen LogP contribution in [0.4, 0.5) is 25.0 Å². The topological polar surface area (TPSA) is 97.9 Å². The molecule has 0 spiro atoms. The van der Waals surface area contributed by atoms with Crippen molar-refractivity contribution < 1.29 is 18.0 Å². The Morgan fingerprint density at radius 2 is 1.92 bits per heavy atom. The summed E-state index contributed by atoms with van der Waals surface area (Å²) < 4.78 is 30.9. The Morgan fingerprint density at radius 3 is 2.56 bits per heavy atom. The Kier molecular flexibility index (Phi) is 4.68. The van der Waals surface area contributed by atoms with Gasteiger partial charge in [-0.2, -0.15) is 5.10 Å². The maximum absolute atomic E-state index is 12.3. The standard InChI is InChI=1S/C15H14F2N6O2/c1-9-21-22-14(25-9)10-2-4-11(5-3-10)19-15(24)20-12-6-18-23(7-12)8-13(16)17/h2-7,13H,8H2,1H3,(H2,19,20,24). The lowest BCUT2D eigenvalue weighted by molar-refractivity contribution is 0.122. The lowest BCUT2D eigenvalue weighted by Gasteiger charge is -2.06. The number of aryl methyl sites for hydroxylation is 1. The van der Waals surface area contributed by atoms with Crippen molar-refractivity contribution in [2.24, 2.45) is 0 Å². The van der Waals surface area contributed by atoms with Crippen molar-refractivity contribution in [1.29, 1.82) is 0 Å². The van der Waals surface area contributed by atoms with E-state index in [1.54, 1.807) is 31.2 Å². The van der Waals surface area contributed by atoms with Crippen LogP contribution in [0.15, 0.2) is 41.1 Å². The van der Waals surface area contributed by atoms with Gasteiger partial charge in [-0.15, -0.1) is 10.2 Å². The summed E-state index contributed by atoms with van der Waals surface area (Å²) in [6.07, 6.45) is 0.109. The molecule has 2 amide bonds. The molecular weight excluding hydrogens is 334 g/mol. The van der Waals surface area contributed by atoms with Crippen LogP contribution in [0.5, 0.6) is 0 Å². The number of aromatic nitrogens is 4. The van der Waals surface area contributed by atoms with Crippen LogP contribution in [0, 0.1) is 6.92 Å². The molecule has 2 aromatic heterocycles. The van der Waals surface area contributed by atoms with Gasteiger partial charge in [0.1, 0.15) is 6.54 Å². The van der Waals surface area contributed by atoms with Crippen LogP contribution in [-0.4, -0.2) is 32.4 Å². The molecule has 25 heavy (non-hydrogen) atoms. The highest BCUT2D eigenvalue weighted by molar-refractivity contribution is 5.99. The lowest BCUT2D eigenvalue weighted by Crippen LogP contribution is -2.19. The van der Waals surface area contributed by atoms with Crippen LogP contribution in [0.1, 0.15) is 5.89 Å². The van der Waals surface area contributed by atoms with Gasteiger partial charge in [0, 0.05) is 24.4 Å². The number of hydrogen-bond donors (Lipinski definition) is 2. The van der Waals surface area contributed by atoms with Crippen molar-refractivity contribution in [3.8, 4) is 11.5 Å². The minimum Gasteiger partial charge on any atom is -0.421 e. The summed E-state index contributed by atoms with van der Waals surface area (Å²) in [5.74, 6) is 0.851. The number of benzene rings is 1. The minimum absolute atomic E-state index is 0.316. The summed E-state index contributed by atoms with van der Waals surface area (Å²) in [4.78, 5) is 11.9.